The van der Waals surface area contributed by atoms with Crippen molar-refractivity contribution >= 4 is 50.6 Å². The summed E-state index contributed by atoms with van der Waals surface area (Å²) in [5.74, 6) is -0.642. The Bertz CT molecular complexity index is 1230. The highest BCUT2D eigenvalue weighted by atomic mass is 35.5. The molecule has 0 unspecified atom stereocenters. The van der Waals surface area contributed by atoms with Gasteiger partial charge >= 0.3 is 0 Å². The molecule has 1 heterocycles. The molecule has 0 atom stereocenters. The first-order chi connectivity index (χ1) is 13.8. The van der Waals surface area contributed by atoms with Crippen LogP contribution in [0.15, 0.2) is 64.4 Å². The molecule has 0 radical (unpaired) electrons. The third kappa shape index (κ3) is 5.28. The van der Waals surface area contributed by atoms with Crippen LogP contribution in [-0.4, -0.2) is 19.3 Å². The van der Waals surface area contributed by atoms with Crippen LogP contribution in [0.1, 0.15) is 5.69 Å². The second-order valence-corrected chi connectivity index (χ2v) is 8.63. The van der Waals surface area contributed by atoms with Gasteiger partial charge in [-0.05, 0) is 42.5 Å². The third-order valence-electron chi connectivity index (χ3n) is 3.71. The normalized spacial score (nSPS) is 11.7. The van der Waals surface area contributed by atoms with Gasteiger partial charge < -0.3 is 5.32 Å². The maximum Gasteiger partial charge on any atom is 0.266 e. The predicted octanol–water partition coefficient (Wildman–Crippen LogP) is 3.66. The molecule has 7 nitrogen and oxygen atoms in total. The molecule has 0 aliphatic rings. The lowest BCUT2D eigenvalue weighted by Crippen LogP contribution is -2.14. The van der Waals surface area contributed by atoms with Crippen molar-refractivity contribution in [3.05, 3.63) is 70.2 Å². The number of nitriles is 1. The van der Waals surface area contributed by atoms with Crippen LogP contribution in [0.25, 0.3) is 16.6 Å². The van der Waals surface area contributed by atoms with E-state index in [1.807, 2.05) is 18.2 Å². The van der Waals surface area contributed by atoms with Crippen molar-refractivity contribution in [2.75, 3.05) is 5.32 Å². The van der Waals surface area contributed by atoms with Gasteiger partial charge in [0, 0.05) is 21.7 Å². The number of hydrogen-bond donors (Lipinski definition) is 2. The van der Waals surface area contributed by atoms with Crippen LogP contribution in [0.2, 0.25) is 5.02 Å². The molecule has 0 fully saturated rings. The summed E-state index contributed by atoms with van der Waals surface area (Å²) in [6.07, 6.45) is 1.38. The second-order valence-electron chi connectivity index (χ2n) is 5.78. The largest absolute Gasteiger partial charge is 0.321 e. The number of aromatic nitrogens is 1. The molecule has 146 valence electrons. The Labute approximate surface area is 176 Å². The van der Waals surface area contributed by atoms with Gasteiger partial charge in [-0.1, -0.05) is 23.7 Å². The topological polar surface area (TPSA) is 126 Å². The van der Waals surface area contributed by atoms with Crippen molar-refractivity contribution in [3.63, 3.8) is 0 Å². The summed E-state index contributed by atoms with van der Waals surface area (Å²) in [6, 6.07) is 14.3. The maximum atomic E-state index is 12.4. The monoisotopic (exact) mass is 444 g/mol. The lowest BCUT2D eigenvalue weighted by Gasteiger charge is -2.05. The maximum absolute atomic E-state index is 12.4. The number of benzene rings is 2. The molecule has 2 aromatic carbocycles. The summed E-state index contributed by atoms with van der Waals surface area (Å²) in [7, 11) is -3.82. The van der Waals surface area contributed by atoms with Gasteiger partial charge in [-0.2, -0.15) is 5.26 Å². The zero-order valence-corrected chi connectivity index (χ0v) is 17.1. The van der Waals surface area contributed by atoms with Gasteiger partial charge in [-0.3, -0.25) is 4.79 Å². The van der Waals surface area contributed by atoms with E-state index in [2.05, 4.69) is 10.3 Å². The van der Waals surface area contributed by atoms with Crippen LogP contribution in [-0.2, 0) is 14.8 Å². The highest BCUT2D eigenvalue weighted by Gasteiger charge is 2.13. The minimum absolute atomic E-state index is 0.0799. The number of hydrogen-bond acceptors (Lipinski definition) is 6. The van der Waals surface area contributed by atoms with E-state index < -0.39 is 15.9 Å². The van der Waals surface area contributed by atoms with Crippen molar-refractivity contribution in [3.8, 4) is 16.6 Å². The second kappa shape index (κ2) is 8.55. The molecule has 0 saturated carbocycles. The number of primary sulfonamides is 1. The first kappa shape index (κ1) is 20.7. The average Bonchev–Trinajstić information content (AvgIpc) is 3.15. The van der Waals surface area contributed by atoms with E-state index in [4.69, 9.17) is 16.7 Å². The summed E-state index contributed by atoms with van der Waals surface area (Å²) >= 11 is 7.25. The SMILES string of the molecule is N#C/C(=C\c1csc(-c2ccc(Cl)cc2)n1)C(=O)Nc1ccc(S(N)(=O)=O)cc1. The first-order valence-corrected chi connectivity index (χ1v) is 10.8. The standard InChI is InChI=1S/C19H13ClN4O3S2/c20-14-3-1-12(2-4-14)19-24-16(11-28-19)9-13(10-21)18(25)23-15-5-7-17(8-6-15)29(22,26)27/h1-9,11H,(H,23,25)(H2,22,26,27)/b13-9+. The van der Waals surface area contributed by atoms with Gasteiger partial charge in [-0.25, -0.2) is 18.5 Å². The lowest BCUT2D eigenvalue weighted by molar-refractivity contribution is -0.112. The van der Waals surface area contributed by atoms with Crippen molar-refractivity contribution in [2.24, 2.45) is 5.14 Å². The molecular weight excluding hydrogens is 432 g/mol. The van der Waals surface area contributed by atoms with E-state index in [0.717, 1.165) is 10.6 Å². The van der Waals surface area contributed by atoms with Crippen LogP contribution in [0.3, 0.4) is 0 Å². The van der Waals surface area contributed by atoms with Gasteiger partial charge in [0.05, 0.1) is 10.6 Å². The molecule has 29 heavy (non-hydrogen) atoms. The van der Waals surface area contributed by atoms with Crippen molar-refractivity contribution in [2.45, 2.75) is 4.90 Å². The van der Waals surface area contributed by atoms with Crippen LogP contribution in [0, 0.1) is 11.3 Å². The zero-order valence-electron chi connectivity index (χ0n) is 14.7. The van der Waals surface area contributed by atoms with E-state index in [1.165, 1.54) is 41.7 Å². The highest BCUT2D eigenvalue weighted by Crippen LogP contribution is 2.26. The number of anilines is 1. The molecule has 0 bridgehead atoms. The van der Waals surface area contributed by atoms with E-state index in [-0.39, 0.29) is 10.5 Å². The van der Waals surface area contributed by atoms with E-state index >= 15 is 0 Å². The van der Waals surface area contributed by atoms with E-state index in [9.17, 15) is 18.5 Å². The fourth-order valence-corrected chi connectivity index (χ4v) is 3.73. The molecular formula is C19H13ClN4O3S2. The Hall–Kier alpha value is -3.03. The molecule has 3 N–H and O–H groups in total. The summed E-state index contributed by atoms with van der Waals surface area (Å²) in [4.78, 5) is 16.7. The molecule has 0 aliphatic carbocycles. The smallest absolute Gasteiger partial charge is 0.266 e. The van der Waals surface area contributed by atoms with Crippen LogP contribution >= 0.6 is 22.9 Å². The molecule has 0 saturated heterocycles. The molecule has 1 aromatic heterocycles. The molecule has 3 aromatic rings. The highest BCUT2D eigenvalue weighted by molar-refractivity contribution is 7.89. The number of halogens is 1. The third-order valence-corrected chi connectivity index (χ3v) is 5.80. The summed E-state index contributed by atoms with van der Waals surface area (Å²) in [6.45, 7) is 0. The summed E-state index contributed by atoms with van der Waals surface area (Å²) < 4.78 is 22.5. The number of sulfonamides is 1. The number of carbonyl (C=O) groups excluding carboxylic acids is 1. The Morgan fingerprint density at radius 3 is 2.41 bits per heavy atom. The van der Waals surface area contributed by atoms with Gasteiger partial charge in [0.15, 0.2) is 0 Å². The Morgan fingerprint density at radius 1 is 1.17 bits per heavy atom. The average molecular weight is 445 g/mol. The minimum Gasteiger partial charge on any atom is -0.321 e. The van der Waals surface area contributed by atoms with Gasteiger partial charge in [0.2, 0.25) is 10.0 Å². The number of nitrogens with one attached hydrogen (secondary N) is 1. The Morgan fingerprint density at radius 2 is 1.83 bits per heavy atom. The zero-order chi connectivity index (χ0) is 21.0. The van der Waals surface area contributed by atoms with Crippen molar-refractivity contribution < 1.29 is 13.2 Å². The predicted molar refractivity (Wildman–Crippen MR) is 113 cm³/mol. The number of nitrogens with two attached hydrogens (primary N) is 1. The van der Waals surface area contributed by atoms with Crippen LogP contribution in [0.4, 0.5) is 5.69 Å². The van der Waals surface area contributed by atoms with E-state index in [1.54, 1.807) is 17.5 Å². The number of rotatable bonds is 5. The van der Waals surface area contributed by atoms with Crippen LogP contribution < -0.4 is 10.5 Å². The number of carbonyl (C=O) groups is 1. The van der Waals surface area contributed by atoms with Gasteiger partial charge in [-0.15, -0.1) is 11.3 Å². The molecule has 0 aliphatic heterocycles. The number of thiazole rings is 1. The first-order valence-electron chi connectivity index (χ1n) is 8.04. The quantitative estimate of drug-likeness (QED) is 0.458. The summed E-state index contributed by atoms with van der Waals surface area (Å²) in [5, 5.41) is 20.0. The van der Waals surface area contributed by atoms with Gasteiger partial charge in [0.25, 0.3) is 5.91 Å². The van der Waals surface area contributed by atoms with Crippen molar-refractivity contribution in [1.82, 2.24) is 4.98 Å². The Kier molecular flexibility index (Phi) is 6.10. The molecule has 0 spiro atoms. The van der Waals surface area contributed by atoms with Crippen molar-refractivity contribution in [1.29, 1.82) is 5.26 Å². The van der Waals surface area contributed by atoms with E-state index in [0.29, 0.717) is 16.4 Å². The Balaban J connectivity index is 1.77. The lowest BCUT2D eigenvalue weighted by atomic mass is 10.2. The van der Waals surface area contributed by atoms with Crippen LogP contribution in [0.5, 0.6) is 0 Å². The molecule has 10 heteroatoms. The fourth-order valence-electron chi connectivity index (χ4n) is 2.30. The molecule has 3 rings (SSSR count). The minimum atomic E-state index is -3.82. The number of nitrogens with zero attached hydrogens (tertiary/aromatic N) is 2. The van der Waals surface area contributed by atoms with Gasteiger partial charge in [0.1, 0.15) is 16.6 Å². The summed E-state index contributed by atoms with van der Waals surface area (Å²) in [5.41, 5.74) is 1.52. The fraction of sp³-hybridized carbons (Fsp3) is 0. The molecule has 1 amide bonds. The number of amides is 1.